The first-order chi connectivity index (χ1) is 7.71. The van der Waals surface area contributed by atoms with Crippen molar-refractivity contribution >= 4 is 0 Å². The first-order valence-electron chi connectivity index (χ1n) is 6.08. The Balaban J connectivity index is 1.99. The second kappa shape index (κ2) is 4.70. The number of nitrogens with one attached hydrogen (secondary N) is 1. The zero-order valence-electron chi connectivity index (χ0n) is 10.2. The van der Waals surface area contributed by atoms with E-state index in [2.05, 4.69) is 23.3 Å². The van der Waals surface area contributed by atoms with Gasteiger partial charge in [0.2, 0.25) is 0 Å². The molecule has 2 bridgehead atoms. The van der Waals surface area contributed by atoms with E-state index in [4.69, 9.17) is 4.74 Å². The summed E-state index contributed by atoms with van der Waals surface area (Å²) < 4.78 is 5.03. The van der Waals surface area contributed by atoms with Gasteiger partial charge < -0.3 is 9.64 Å². The minimum absolute atomic E-state index is 0.309. The molecule has 0 aromatic heterocycles. The van der Waals surface area contributed by atoms with Gasteiger partial charge >= 0.3 is 0 Å². The van der Waals surface area contributed by atoms with Crippen LogP contribution in [0.2, 0.25) is 0 Å². The smallest absolute Gasteiger partial charge is 0.109 e. The van der Waals surface area contributed by atoms with Crippen LogP contribution in [0.25, 0.3) is 0 Å². The fraction of sp³-hybridized carbons (Fsp3) is 0.917. The van der Waals surface area contributed by atoms with E-state index in [1.54, 1.807) is 7.11 Å². The van der Waals surface area contributed by atoms with Crippen LogP contribution in [0.4, 0.5) is 0 Å². The first kappa shape index (κ1) is 11.8. The van der Waals surface area contributed by atoms with Gasteiger partial charge in [0.25, 0.3) is 0 Å². The second-order valence-electron chi connectivity index (χ2n) is 5.07. The summed E-state index contributed by atoms with van der Waals surface area (Å²) in [5.41, 5.74) is -0.309. The number of nitriles is 1. The Morgan fingerprint density at radius 1 is 1.44 bits per heavy atom. The average molecular weight is 223 g/mol. The highest BCUT2D eigenvalue weighted by Gasteiger charge is 2.46. The Bertz CT molecular complexity index is 272. The van der Waals surface area contributed by atoms with Crippen molar-refractivity contribution in [1.82, 2.24) is 10.2 Å². The van der Waals surface area contributed by atoms with E-state index in [-0.39, 0.29) is 5.54 Å². The van der Waals surface area contributed by atoms with Gasteiger partial charge in [-0.15, -0.1) is 0 Å². The predicted octanol–water partition coefficient (Wildman–Crippen LogP) is 0.741. The van der Waals surface area contributed by atoms with Crippen molar-refractivity contribution < 1.29 is 4.74 Å². The number of nitrogens with zero attached hydrogens (tertiary/aromatic N) is 2. The summed E-state index contributed by atoms with van der Waals surface area (Å²) in [4.78, 5) is 2.45. The van der Waals surface area contributed by atoms with Crippen LogP contribution in [0.3, 0.4) is 0 Å². The van der Waals surface area contributed by atoms with Gasteiger partial charge in [0, 0.05) is 25.7 Å². The summed E-state index contributed by atoms with van der Waals surface area (Å²) in [5.74, 6) is 0. The third kappa shape index (κ3) is 2.08. The third-order valence-electron chi connectivity index (χ3n) is 4.14. The lowest BCUT2D eigenvalue weighted by Crippen LogP contribution is -2.56. The molecule has 0 radical (unpaired) electrons. The fourth-order valence-electron chi connectivity index (χ4n) is 3.14. The number of hydrogen-bond donors (Lipinski definition) is 1. The van der Waals surface area contributed by atoms with Crippen molar-refractivity contribution in [2.75, 3.05) is 27.3 Å². The summed E-state index contributed by atoms with van der Waals surface area (Å²) in [6, 6.07) is 3.69. The quantitative estimate of drug-likeness (QED) is 0.714. The monoisotopic (exact) mass is 223 g/mol. The molecule has 2 saturated heterocycles. The highest BCUT2D eigenvalue weighted by Crippen LogP contribution is 2.39. The molecule has 1 N–H and O–H groups in total. The maximum Gasteiger partial charge on any atom is 0.109 e. The number of methoxy groups -OCH3 is 1. The largest absolute Gasteiger partial charge is 0.383 e. The summed E-state index contributed by atoms with van der Waals surface area (Å²) in [6.07, 6.45) is 4.41. The number of hydrogen-bond acceptors (Lipinski definition) is 4. The van der Waals surface area contributed by atoms with Crippen molar-refractivity contribution in [3.63, 3.8) is 0 Å². The topological polar surface area (TPSA) is 48.3 Å². The maximum atomic E-state index is 9.42. The van der Waals surface area contributed by atoms with Crippen molar-refractivity contribution in [3.8, 4) is 6.07 Å². The Labute approximate surface area is 97.6 Å². The third-order valence-corrected chi connectivity index (χ3v) is 4.14. The number of piperidine rings is 1. The first-order valence-corrected chi connectivity index (χ1v) is 6.08. The van der Waals surface area contributed by atoms with Gasteiger partial charge in [0.1, 0.15) is 5.54 Å². The van der Waals surface area contributed by atoms with Crippen LogP contribution in [0.1, 0.15) is 25.7 Å². The van der Waals surface area contributed by atoms with Gasteiger partial charge in [0.15, 0.2) is 0 Å². The van der Waals surface area contributed by atoms with E-state index >= 15 is 0 Å². The van der Waals surface area contributed by atoms with Gasteiger partial charge in [-0.1, -0.05) is 0 Å². The summed E-state index contributed by atoms with van der Waals surface area (Å²) >= 11 is 0. The molecular weight excluding hydrogens is 202 g/mol. The average Bonchev–Trinajstić information content (AvgIpc) is 2.54. The molecule has 0 saturated carbocycles. The molecule has 0 aromatic rings. The molecular formula is C12H21N3O. The molecule has 4 heteroatoms. The van der Waals surface area contributed by atoms with Crippen LogP contribution in [-0.2, 0) is 4.74 Å². The van der Waals surface area contributed by atoms with Crippen LogP contribution in [0.5, 0.6) is 0 Å². The highest BCUT2D eigenvalue weighted by molar-refractivity contribution is 5.15. The summed E-state index contributed by atoms with van der Waals surface area (Å²) in [7, 11) is 3.89. The Kier molecular flexibility index (Phi) is 3.48. The highest BCUT2D eigenvalue weighted by atomic mass is 16.5. The molecule has 0 spiro atoms. The molecule has 2 atom stereocenters. The molecule has 4 nitrogen and oxygen atoms in total. The van der Waals surface area contributed by atoms with E-state index < -0.39 is 0 Å². The Hall–Kier alpha value is -0.630. The fourth-order valence-corrected chi connectivity index (χ4v) is 3.14. The molecule has 0 aromatic carbocycles. The lowest BCUT2D eigenvalue weighted by molar-refractivity contribution is 0.111. The minimum Gasteiger partial charge on any atom is -0.383 e. The van der Waals surface area contributed by atoms with E-state index in [1.807, 2.05) is 0 Å². The van der Waals surface area contributed by atoms with Crippen molar-refractivity contribution in [3.05, 3.63) is 0 Å². The van der Waals surface area contributed by atoms with E-state index in [0.717, 1.165) is 19.4 Å². The van der Waals surface area contributed by atoms with Gasteiger partial charge in [-0.2, -0.15) is 5.26 Å². The van der Waals surface area contributed by atoms with E-state index in [9.17, 15) is 5.26 Å². The molecule has 2 fully saturated rings. The summed E-state index contributed by atoms with van der Waals surface area (Å²) in [5, 5.41) is 12.8. The SMILES string of the molecule is COCCNC1(C#N)CC2CCC(C1)N2C. The lowest BCUT2D eigenvalue weighted by atomic mass is 9.84. The number of fused-ring (bicyclic) bond motifs is 2. The van der Waals surface area contributed by atoms with Crippen LogP contribution in [0.15, 0.2) is 0 Å². The summed E-state index contributed by atoms with van der Waals surface area (Å²) in [6.45, 7) is 1.45. The molecule has 2 aliphatic heterocycles. The van der Waals surface area contributed by atoms with Gasteiger partial charge in [-0.25, -0.2) is 0 Å². The van der Waals surface area contributed by atoms with E-state index in [1.165, 1.54) is 12.8 Å². The zero-order valence-corrected chi connectivity index (χ0v) is 10.2. The van der Waals surface area contributed by atoms with Crippen molar-refractivity contribution in [2.24, 2.45) is 0 Å². The van der Waals surface area contributed by atoms with Gasteiger partial charge in [-0.05, 0) is 32.7 Å². The van der Waals surface area contributed by atoms with E-state index in [0.29, 0.717) is 18.7 Å². The maximum absolute atomic E-state index is 9.42. The van der Waals surface area contributed by atoms with Crippen LogP contribution in [0, 0.1) is 11.3 Å². The van der Waals surface area contributed by atoms with Crippen LogP contribution >= 0.6 is 0 Å². The standard InChI is InChI=1S/C12H21N3O/c1-15-10-3-4-11(15)8-12(7-10,9-13)14-5-6-16-2/h10-11,14H,3-8H2,1-2H3. The van der Waals surface area contributed by atoms with Crippen molar-refractivity contribution in [1.29, 1.82) is 5.26 Å². The Morgan fingerprint density at radius 3 is 2.56 bits per heavy atom. The molecule has 16 heavy (non-hydrogen) atoms. The van der Waals surface area contributed by atoms with Gasteiger partial charge in [-0.3, -0.25) is 5.32 Å². The van der Waals surface area contributed by atoms with Crippen molar-refractivity contribution in [2.45, 2.75) is 43.3 Å². The predicted molar refractivity (Wildman–Crippen MR) is 62.0 cm³/mol. The van der Waals surface area contributed by atoms with Crippen LogP contribution < -0.4 is 5.32 Å². The molecule has 0 aliphatic carbocycles. The number of rotatable bonds is 4. The number of ether oxygens (including phenoxy) is 1. The Morgan fingerprint density at radius 2 is 2.06 bits per heavy atom. The molecule has 2 heterocycles. The lowest BCUT2D eigenvalue weighted by Gasteiger charge is -2.41. The minimum atomic E-state index is -0.309. The zero-order chi connectivity index (χ0) is 11.6. The van der Waals surface area contributed by atoms with Crippen LogP contribution in [-0.4, -0.2) is 49.8 Å². The molecule has 2 aliphatic rings. The molecule has 90 valence electrons. The second-order valence-corrected chi connectivity index (χ2v) is 5.07. The van der Waals surface area contributed by atoms with Gasteiger partial charge in [0.05, 0.1) is 12.7 Å². The normalized spacial score (nSPS) is 38.6. The molecule has 2 unspecified atom stereocenters. The molecule has 0 amide bonds. The molecule has 2 rings (SSSR count).